The van der Waals surface area contributed by atoms with Gasteiger partial charge in [0.25, 0.3) is 0 Å². The summed E-state index contributed by atoms with van der Waals surface area (Å²) in [7, 11) is -1.55. The average Bonchev–Trinajstić information content (AvgIpc) is 2.76. The third kappa shape index (κ3) is 2.14. The summed E-state index contributed by atoms with van der Waals surface area (Å²) in [4.78, 5) is 0. The molecule has 1 heterocycles. The number of fused-ring (bicyclic) bond motifs is 1. The lowest BCUT2D eigenvalue weighted by Crippen LogP contribution is -2.29. The number of aromatic hydroxyl groups is 1. The Hall–Kier alpha value is -2.02. The van der Waals surface area contributed by atoms with Gasteiger partial charge in [0, 0.05) is 5.39 Å². The van der Waals surface area contributed by atoms with Crippen LogP contribution >= 0.6 is 11.6 Å². The summed E-state index contributed by atoms with van der Waals surface area (Å²) >= 11 is 6.28. The zero-order chi connectivity index (χ0) is 14.3. The van der Waals surface area contributed by atoms with Crippen molar-refractivity contribution in [1.82, 2.24) is 9.78 Å². The number of hydrogen-bond donors (Lipinski definition) is 3. The van der Waals surface area contributed by atoms with E-state index >= 15 is 0 Å². The second-order valence-corrected chi connectivity index (χ2v) is 4.73. The van der Waals surface area contributed by atoms with Gasteiger partial charge in [-0.05, 0) is 41.9 Å². The van der Waals surface area contributed by atoms with Crippen LogP contribution < -0.4 is 5.46 Å². The third-order valence-electron chi connectivity index (χ3n) is 3.03. The van der Waals surface area contributed by atoms with E-state index in [0.717, 1.165) is 0 Å². The quantitative estimate of drug-likeness (QED) is 0.616. The van der Waals surface area contributed by atoms with E-state index in [1.807, 2.05) is 0 Å². The monoisotopic (exact) mass is 288 g/mol. The Morgan fingerprint density at radius 3 is 2.40 bits per heavy atom. The van der Waals surface area contributed by atoms with Gasteiger partial charge in [0.1, 0.15) is 10.9 Å². The highest BCUT2D eigenvalue weighted by Gasteiger charge is 2.16. The SMILES string of the molecule is OB(O)c1ccc2nn(-c3ccc(O)cc3)c(Cl)c2c1. The molecule has 0 spiro atoms. The minimum atomic E-state index is -1.55. The molecule has 7 heteroatoms. The lowest BCUT2D eigenvalue weighted by Gasteiger charge is -2.02. The number of phenolic OH excluding ortho intramolecular Hbond substituents is 1. The molecule has 1 aromatic heterocycles. The van der Waals surface area contributed by atoms with Crippen LogP contribution in [0.2, 0.25) is 5.15 Å². The fourth-order valence-electron chi connectivity index (χ4n) is 2.00. The first-order valence-corrected chi connectivity index (χ1v) is 6.28. The number of halogens is 1. The zero-order valence-corrected chi connectivity index (χ0v) is 11.0. The molecule has 5 nitrogen and oxygen atoms in total. The Balaban J connectivity index is 2.17. The molecule has 0 saturated carbocycles. The van der Waals surface area contributed by atoms with Gasteiger partial charge in [-0.3, -0.25) is 0 Å². The first-order valence-electron chi connectivity index (χ1n) is 5.90. The van der Waals surface area contributed by atoms with Gasteiger partial charge in [0.2, 0.25) is 0 Å². The van der Waals surface area contributed by atoms with Crippen LogP contribution in [0.5, 0.6) is 5.75 Å². The minimum Gasteiger partial charge on any atom is -0.508 e. The number of benzene rings is 2. The number of rotatable bonds is 2. The molecule has 100 valence electrons. The fraction of sp³-hybridized carbons (Fsp3) is 0. The Morgan fingerprint density at radius 1 is 1.05 bits per heavy atom. The van der Waals surface area contributed by atoms with E-state index < -0.39 is 7.12 Å². The van der Waals surface area contributed by atoms with Crippen LogP contribution in [0.4, 0.5) is 0 Å². The first-order chi connectivity index (χ1) is 9.56. The smallest absolute Gasteiger partial charge is 0.488 e. The molecule has 0 fully saturated rings. The van der Waals surface area contributed by atoms with Crippen molar-refractivity contribution in [3.63, 3.8) is 0 Å². The molecule has 0 bridgehead atoms. The van der Waals surface area contributed by atoms with Crippen LogP contribution in [0.15, 0.2) is 42.5 Å². The summed E-state index contributed by atoms with van der Waals surface area (Å²) in [5, 5.41) is 33.0. The van der Waals surface area contributed by atoms with Crippen molar-refractivity contribution in [2.24, 2.45) is 0 Å². The maximum Gasteiger partial charge on any atom is 0.488 e. The van der Waals surface area contributed by atoms with E-state index in [1.165, 1.54) is 4.68 Å². The van der Waals surface area contributed by atoms with E-state index in [0.29, 0.717) is 27.2 Å². The van der Waals surface area contributed by atoms with Crippen LogP contribution in [0.3, 0.4) is 0 Å². The molecule has 0 atom stereocenters. The summed E-state index contributed by atoms with van der Waals surface area (Å²) in [5.41, 5.74) is 1.70. The Morgan fingerprint density at radius 2 is 1.75 bits per heavy atom. The van der Waals surface area contributed by atoms with Crippen LogP contribution in [-0.4, -0.2) is 32.1 Å². The maximum atomic E-state index is 9.29. The Labute approximate surface area is 119 Å². The van der Waals surface area contributed by atoms with E-state index in [1.54, 1.807) is 42.5 Å². The number of nitrogens with zero attached hydrogens (tertiary/aromatic N) is 2. The molecular formula is C13H10BClN2O3. The van der Waals surface area contributed by atoms with Crippen molar-refractivity contribution in [2.75, 3.05) is 0 Å². The molecule has 0 unspecified atom stereocenters. The van der Waals surface area contributed by atoms with E-state index in [-0.39, 0.29) is 5.75 Å². The van der Waals surface area contributed by atoms with Crippen molar-refractivity contribution >= 4 is 35.1 Å². The molecule has 3 rings (SSSR count). The van der Waals surface area contributed by atoms with Crippen LogP contribution in [0.25, 0.3) is 16.6 Å². The lowest BCUT2D eigenvalue weighted by atomic mass is 9.80. The van der Waals surface area contributed by atoms with Crippen molar-refractivity contribution in [2.45, 2.75) is 0 Å². The second kappa shape index (κ2) is 4.83. The first kappa shape index (κ1) is 13.0. The summed E-state index contributed by atoms with van der Waals surface area (Å²) < 4.78 is 1.53. The molecule has 3 aromatic rings. The van der Waals surface area contributed by atoms with Crippen LogP contribution in [0.1, 0.15) is 0 Å². The zero-order valence-electron chi connectivity index (χ0n) is 10.2. The molecular weight excluding hydrogens is 278 g/mol. The number of phenols is 1. The van der Waals surface area contributed by atoms with Crippen molar-refractivity contribution in [1.29, 1.82) is 0 Å². The van der Waals surface area contributed by atoms with Gasteiger partial charge in [-0.2, -0.15) is 5.10 Å². The van der Waals surface area contributed by atoms with Crippen LogP contribution in [0, 0.1) is 0 Å². The molecule has 3 N–H and O–H groups in total. The predicted molar refractivity (Wildman–Crippen MR) is 77.6 cm³/mol. The fourth-order valence-corrected chi connectivity index (χ4v) is 2.28. The maximum absolute atomic E-state index is 9.29. The minimum absolute atomic E-state index is 0.160. The highest BCUT2D eigenvalue weighted by molar-refractivity contribution is 6.59. The highest BCUT2D eigenvalue weighted by atomic mass is 35.5. The summed E-state index contributed by atoms with van der Waals surface area (Å²) in [6, 6.07) is 11.3. The largest absolute Gasteiger partial charge is 0.508 e. The molecule has 0 radical (unpaired) electrons. The number of hydrogen-bond acceptors (Lipinski definition) is 4. The van der Waals surface area contributed by atoms with E-state index in [2.05, 4.69) is 5.10 Å². The number of aromatic nitrogens is 2. The van der Waals surface area contributed by atoms with Gasteiger partial charge in [-0.15, -0.1) is 0 Å². The van der Waals surface area contributed by atoms with Crippen LogP contribution in [-0.2, 0) is 0 Å². The standard InChI is InChI=1S/C13H10BClN2O3/c15-13-11-7-8(14(19)20)1-6-12(11)16-17(13)9-2-4-10(18)5-3-9/h1-7,18-20H. The van der Waals surface area contributed by atoms with Gasteiger partial charge in [0.15, 0.2) is 0 Å². The Kier molecular flexibility index (Phi) is 3.14. The molecule has 0 saturated heterocycles. The van der Waals surface area contributed by atoms with E-state index in [9.17, 15) is 15.2 Å². The topological polar surface area (TPSA) is 78.5 Å². The van der Waals surface area contributed by atoms with E-state index in [4.69, 9.17) is 11.6 Å². The van der Waals surface area contributed by atoms with Gasteiger partial charge in [-0.25, -0.2) is 4.68 Å². The Bertz CT molecular complexity index is 771. The van der Waals surface area contributed by atoms with Gasteiger partial charge >= 0.3 is 7.12 Å². The molecule has 2 aromatic carbocycles. The van der Waals surface area contributed by atoms with Gasteiger partial charge in [0.05, 0.1) is 11.2 Å². The predicted octanol–water partition coefficient (Wildman–Crippen LogP) is 1.06. The highest BCUT2D eigenvalue weighted by Crippen LogP contribution is 2.26. The average molecular weight is 288 g/mol. The summed E-state index contributed by atoms with van der Waals surface area (Å²) in [5.74, 6) is 0.160. The lowest BCUT2D eigenvalue weighted by molar-refractivity contribution is 0.426. The van der Waals surface area contributed by atoms with Crippen molar-refractivity contribution in [3.05, 3.63) is 47.6 Å². The van der Waals surface area contributed by atoms with Crippen molar-refractivity contribution in [3.8, 4) is 11.4 Å². The molecule has 0 aliphatic carbocycles. The van der Waals surface area contributed by atoms with Gasteiger partial charge < -0.3 is 15.2 Å². The van der Waals surface area contributed by atoms with Crippen molar-refractivity contribution < 1.29 is 15.2 Å². The molecule has 0 aliphatic rings. The molecule has 20 heavy (non-hydrogen) atoms. The second-order valence-electron chi connectivity index (χ2n) is 4.37. The normalized spacial score (nSPS) is 10.9. The summed E-state index contributed by atoms with van der Waals surface area (Å²) in [6.07, 6.45) is 0. The third-order valence-corrected chi connectivity index (χ3v) is 3.39. The summed E-state index contributed by atoms with van der Waals surface area (Å²) in [6.45, 7) is 0. The molecule has 0 amide bonds. The van der Waals surface area contributed by atoms with Gasteiger partial charge in [-0.1, -0.05) is 17.7 Å². The molecule has 0 aliphatic heterocycles.